The number of rotatable bonds is 4. The maximum absolute atomic E-state index is 7.71. The second-order valence-electron chi connectivity index (χ2n) is 0.955. The summed E-state index contributed by atoms with van der Waals surface area (Å²) < 4.78 is 0. The van der Waals surface area contributed by atoms with Crippen LogP contribution < -0.4 is 5.32 Å². The lowest BCUT2D eigenvalue weighted by atomic mass is 11.0. The molecular formula is C2H6N6. The van der Waals surface area contributed by atoms with Crippen molar-refractivity contribution in [2.24, 2.45) is 10.2 Å². The van der Waals surface area contributed by atoms with Crippen LogP contribution in [0.2, 0.25) is 0 Å². The smallest absolute Gasteiger partial charge is 0.109 e. The summed E-state index contributed by atoms with van der Waals surface area (Å²) in [6.45, 7) is 0.401. The number of azide groups is 1. The fourth-order valence-electron chi connectivity index (χ4n) is 0.188. The molecule has 0 aromatic carbocycles. The lowest BCUT2D eigenvalue weighted by Gasteiger charge is -1.87. The fourth-order valence-corrected chi connectivity index (χ4v) is 0.188. The third-order valence-electron chi connectivity index (χ3n) is 0.437. The van der Waals surface area contributed by atoms with Crippen LogP contribution in [-0.4, -0.2) is 13.3 Å². The van der Waals surface area contributed by atoms with Gasteiger partial charge in [0, 0.05) is 4.91 Å². The monoisotopic (exact) mass is 114 g/mol. The molecular weight excluding hydrogens is 108 g/mol. The summed E-state index contributed by atoms with van der Waals surface area (Å²) in [5.74, 6) is 0. The van der Waals surface area contributed by atoms with Crippen LogP contribution in [0.1, 0.15) is 0 Å². The van der Waals surface area contributed by atoms with Crippen molar-refractivity contribution in [1.29, 1.82) is 5.53 Å². The molecule has 0 atom stereocenters. The van der Waals surface area contributed by atoms with Crippen molar-refractivity contribution in [3.05, 3.63) is 10.4 Å². The Morgan fingerprint density at radius 1 is 1.62 bits per heavy atom. The molecule has 44 valence electrons. The van der Waals surface area contributed by atoms with E-state index in [0.29, 0.717) is 0 Å². The van der Waals surface area contributed by atoms with Gasteiger partial charge in [0.05, 0.1) is 6.67 Å². The average Bonchev–Trinajstić information content (AvgIpc) is 1.81. The number of hydrogen-bond donors (Lipinski definition) is 2. The Balaban J connectivity index is 2.93. The van der Waals surface area contributed by atoms with E-state index in [1.807, 2.05) is 0 Å². The van der Waals surface area contributed by atoms with E-state index in [-0.39, 0.29) is 13.3 Å². The molecule has 2 N–H and O–H groups in total. The molecule has 0 spiro atoms. The molecule has 6 nitrogen and oxygen atoms in total. The van der Waals surface area contributed by atoms with Gasteiger partial charge < -0.3 is 0 Å². The first-order valence-corrected chi connectivity index (χ1v) is 1.96. The Morgan fingerprint density at radius 3 is 2.88 bits per heavy atom. The Kier molecular flexibility index (Phi) is 5.04. The summed E-state index contributed by atoms with van der Waals surface area (Å²) in [4.78, 5) is 2.47. The van der Waals surface area contributed by atoms with Crippen LogP contribution in [0.5, 0.6) is 0 Å². The van der Waals surface area contributed by atoms with Crippen LogP contribution in [0, 0.1) is 5.53 Å². The third-order valence-corrected chi connectivity index (χ3v) is 0.437. The number of hydrogen-bond acceptors (Lipinski definition) is 4. The van der Waals surface area contributed by atoms with Crippen molar-refractivity contribution in [2.75, 3.05) is 13.3 Å². The van der Waals surface area contributed by atoms with Crippen LogP contribution in [0.3, 0.4) is 0 Å². The molecule has 0 saturated heterocycles. The molecule has 0 aliphatic rings. The lowest BCUT2D eigenvalue weighted by molar-refractivity contribution is 0.688. The van der Waals surface area contributed by atoms with Crippen LogP contribution in [-0.2, 0) is 0 Å². The van der Waals surface area contributed by atoms with Gasteiger partial charge in [0.25, 0.3) is 0 Å². The van der Waals surface area contributed by atoms with Gasteiger partial charge in [0.2, 0.25) is 0 Å². The first kappa shape index (κ1) is 6.87. The standard InChI is InChI=1S/C2H6N6/c3-6-1-5-2-7-8-4/h3,5H,1-2H2. The summed E-state index contributed by atoms with van der Waals surface area (Å²) >= 11 is 0. The van der Waals surface area contributed by atoms with Crippen molar-refractivity contribution >= 4 is 0 Å². The molecule has 0 amide bonds. The number of nitrogens with zero attached hydrogens (tertiary/aromatic N) is 4. The molecule has 0 unspecified atom stereocenters. The molecule has 0 aliphatic carbocycles. The molecule has 0 fully saturated rings. The van der Waals surface area contributed by atoms with Gasteiger partial charge in [-0.05, 0) is 5.53 Å². The van der Waals surface area contributed by atoms with Gasteiger partial charge in [0.1, 0.15) is 6.67 Å². The summed E-state index contributed by atoms with van der Waals surface area (Å²) in [5, 5.41) is 8.66. The van der Waals surface area contributed by atoms with E-state index < -0.39 is 0 Å². The van der Waals surface area contributed by atoms with Crippen LogP contribution >= 0.6 is 0 Å². The molecule has 0 saturated carbocycles. The van der Waals surface area contributed by atoms with E-state index in [4.69, 9.17) is 11.1 Å². The van der Waals surface area contributed by atoms with Gasteiger partial charge in [-0.3, -0.25) is 5.32 Å². The zero-order chi connectivity index (χ0) is 6.24. The highest BCUT2D eigenvalue weighted by Gasteiger charge is 1.73. The van der Waals surface area contributed by atoms with Gasteiger partial charge in [-0.1, -0.05) is 5.11 Å². The Morgan fingerprint density at radius 2 is 2.38 bits per heavy atom. The van der Waals surface area contributed by atoms with E-state index in [9.17, 15) is 0 Å². The molecule has 8 heavy (non-hydrogen) atoms. The first-order valence-electron chi connectivity index (χ1n) is 1.96. The van der Waals surface area contributed by atoms with Crippen molar-refractivity contribution < 1.29 is 0 Å². The van der Waals surface area contributed by atoms with Gasteiger partial charge in [-0.15, -0.1) is 0 Å². The third kappa shape index (κ3) is 4.87. The lowest BCUT2D eigenvalue weighted by Crippen LogP contribution is -2.11. The highest BCUT2D eigenvalue weighted by molar-refractivity contribution is 4.41. The average molecular weight is 114 g/mol. The Hall–Kier alpha value is -1.13. The van der Waals surface area contributed by atoms with E-state index in [2.05, 4.69) is 20.5 Å². The van der Waals surface area contributed by atoms with E-state index in [1.54, 1.807) is 0 Å². The zero-order valence-electron chi connectivity index (χ0n) is 4.20. The molecule has 0 radical (unpaired) electrons. The molecule has 0 aromatic heterocycles. The van der Waals surface area contributed by atoms with Gasteiger partial charge in [-0.25, -0.2) is 5.53 Å². The van der Waals surface area contributed by atoms with E-state index in [0.717, 1.165) is 0 Å². The predicted octanol–water partition coefficient (Wildman–Crippen LogP) is 0.832. The summed E-state index contributed by atoms with van der Waals surface area (Å²) in [6, 6.07) is 0. The second kappa shape index (κ2) is 5.87. The van der Waals surface area contributed by atoms with Crippen LogP contribution in [0.15, 0.2) is 10.2 Å². The highest BCUT2D eigenvalue weighted by Crippen LogP contribution is 1.64. The Bertz CT molecular complexity index is 101. The van der Waals surface area contributed by atoms with Crippen molar-refractivity contribution in [2.45, 2.75) is 0 Å². The maximum Gasteiger partial charge on any atom is 0.109 e. The zero-order valence-corrected chi connectivity index (χ0v) is 4.20. The van der Waals surface area contributed by atoms with Gasteiger partial charge in [0.15, 0.2) is 0 Å². The minimum atomic E-state index is 0.193. The van der Waals surface area contributed by atoms with Gasteiger partial charge in [-0.2, -0.15) is 5.11 Å². The normalized spacial score (nSPS) is 7.50. The van der Waals surface area contributed by atoms with Crippen LogP contribution in [0.25, 0.3) is 10.4 Å². The van der Waals surface area contributed by atoms with Crippen LogP contribution in [0.4, 0.5) is 0 Å². The predicted molar refractivity (Wildman–Crippen MR) is 27.2 cm³/mol. The SMILES string of the molecule is [N-]=[N+]=NCNCN=N. The molecule has 0 bridgehead atoms. The number of nitrogens with one attached hydrogen (secondary N) is 2. The maximum atomic E-state index is 7.71. The summed E-state index contributed by atoms with van der Waals surface area (Å²) in [6.07, 6.45) is 0. The minimum absolute atomic E-state index is 0.193. The van der Waals surface area contributed by atoms with Crippen molar-refractivity contribution in [1.82, 2.24) is 5.32 Å². The molecule has 0 aromatic rings. The quantitative estimate of drug-likeness (QED) is 0.240. The largest absolute Gasteiger partial charge is 0.291 e. The summed E-state index contributed by atoms with van der Waals surface area (Å²) in [7, 11) is 0. The highest BCUT2D eigenvalue weighted by atomic mass is 15.2. The fraction of sp³-hybridized carbons (Fsp3) is 1.00. The van der Waals surface area contributed by atoms with E-state index >= 15 is 0 Å². The Labute approximate surface area is 46.0 Å². The molecule has 0 heterocycles. The van der Waals surface area contributed by atoms with E-state index in [1.165, 1.54) is 0 Å². The molecule has 0 rings (SSSR count). The second-order valence-corrected chi connectivity index (χ2v) is 0.955. The first-order chi connectivity index (χ1) is 3.91. The minimum Gasteiger partial charge on any atom is -0.291 e. The topological polar surface area (TPSA) is 97.0 Å². The van der Waals surface area contributed by atoms with Crippen molar-refractivity contribution in [3.63, 3.8) is 0 Å². The van der Waals surface area contributed by atoms with Gasteiger partial charge >= 0.3 is 0 Å². The van der Waals surface area contributed by atoms with Crippen molar-refractivity contribution in [3.8, 4) is 0 Å². The molecule has 0 aliphatic heterocycles. The summed E-state index contributed by atoms with van der Waals surface area (Å²) in [5.41, 5.74) is 14.0. The molecule has 6 heteroatoms.